The number of hydrogen-bond donors (Lipinski definition) is 3. The lowest BCUT2D eigenvalue weighted by Gasteiger charge is -2.13. The summed E-state index contributed by atoms with van der Waals surface area (Å²) in [4.78, 5) is 38.3. The van der Waals surface area contributed by atoms with E-state index in [0.717, 1.165) is 17.1 Å². The largest absolute Gasteiger partial charge is 0.492 e. The molecule has 1 aliphatic rings. The highest BCUT2D eigenvalue weighted by molar-refractivity contribution is 7.86. The van der Waals surface area contributed by atoms with E-state index >= 15 is 0 Å². The predicted octanol–water partition coefficient (Wildman–Crippen LogP) is -1.58. The Hall–Kier alpha value is -2.86. The van der Waals surface area contributed by atoms with Gasteiger partial charge in [0.05, 0.1) is 6.42 Å². The summed E-state index contributed by atoms with van der Waals surface area (Å²) in [5.74, 6) is -4.47. The molecule has 2 amide bonds. The Balaban J connectivity index is 2.05. The SMILES string of the molecule is O=C(CCN1C(=O)C=CC1=O)On1c(O)cc(S(=O)(=O)O)c1O. The average Bonchev–Trinajstić information content (AvgIpc) is 2.90. The molecule has 12 heteroatoms. The molecule has 2 heterocycles. The van der Waals surface area contributed by atoms with Crippen molar-refractivity contribution >= 4 is 27.9 Å². The predicted molar refractivity (Wildman–Crippen MR) is 69.6 cm³/mol. The highest BCUT2D eigenvalue weighted by Gasteiger charge is 2.27. The summed E-state index contributed by atoms with van der Waals surface area (Å²) in [5.41, 5.74) is 0. The molecular formula is C11H10N2O9S. The van der Waals surface area contributed by atoms with E-state index in [2.05, 4.69) is 4.84 Å². The Labute approximate surface area is 128 Å². The maximum Gasteiger partial charge on any atom is 0.335 e. The van der Waals surface area contributed by atoms with Gasteiger partial charge in [0.2, 0.25) is 5.88 Å². The third-order valence-corrected chi connectivity index (χ3v) is 3.65. The molecule has 0 unspecified atom stereocenters. The summed E-state index contributed by atoms with van der Waals surface area (Å²) < 4.78 is 30.7. The lowest BCUT2D eigenvalue weighted by molar-refractivity contribution is -0.146. The Morgan fingerprint density at radius 3 is 2.22 bits per heavy atom. The monoisotopic (exact) mass is 346 g/mol. The minimum atomic E-state index is -4.84. The number of amides is 2. The molecule has 1 aromatic rings. The van der Waals surface area contributed by atoms with Gasteiger partial charge in [-0.25, -0.2) is 4.79 Å². The second kappa shape index (κ2) is 5.73. The molecule has 124 valence electrons. The van der Waals surface area contributed by atoms with Crippen molar-refractivity contribution in [2.45, 2.75) is 11.3 Å². The Morgan fingerprint density at radius 1 is 1.17 bits per heavy atom. The number of nitrogens with zero attached hydrogens (tertiary/aromatic N) is 2. The first-order valence-electron chi connectivity index (χ1n) is 5.97. The lowest BCUT2D eigenvalue weighted by atomic mass is 10.4. The van der Waals surface area contributed by atoms with Gasteiger partial charge in [-0.3, -0.25) is 19.0 Å². The second-order valence-electron chi connectivity index (χ2n) is 4.33. The molecule has 0 atom stereocenters. The molecule has 1 aromatic heterocycles. The molecule has 0 aromatic carbocycles. The van der Waals surface area contributed by atoms with Crippen LogP contribution in [0.15, 0.2) is 23.1 Å². The number of carbonyl (C=O) groups is 3. The molecule has 2 rings (SSSR count). The van der Waals surface area contributed by atoms with E-state index in [9.17, 15) is 33.0 Å². The zero-order valence-corrected chi connectivity index (χ0v) is 12.1. The smallest absolute Gasteiger partial charge is 0.335 e. The highest BCUT2D eigenvalue weighted by atomic mass is 32.2. The topological polar surface area (TPSA) is 163 Å². The molecule has 0 aliphatic carbocycles. The molecule has 23 heavy (non-hydrogen) atoms. The molecule has 0 saturated carbocycles. The molecule has 3 N–H and O–H groups in total. The van der Waals surface area contributed by atoms with E-state index in [1.54, 1.807) is 0 Å². The number of aromatic hydroxyl groups is 2. The van der Waals surface area contributed by atoms with Crippen molar-refractivity contribution in [1.82, 2.24) is 9.63 Å². The first-order chi connectivity index (χ1) is 10.6. The number of hydrogen-bond acceptors (Lipinski definition) is 8. The first kappa shape index (κ1) is 16.5. The molecule has 0 spiro atoms. The van der Waals surface area contributed by atoms with Crippen LogP contribution in [0.1, 0.15) is 6.42 Å². The summed E-state index contributed by atoms with van der Waals surface area (Å²) in [7, 11) is -4.84. The zero-order valence-electron chi connectivity index (χ0n) is 11.2. The number of carbonyl (C=O) groups excluding carboxylic acids is 3. The summed E-state index contributed by atoms with van der Waals surface area (Å²) in [6.45, 7) is -0.308. The van der Waals surface area contributed by atoms with Crippen molar-refractivity contribution in [3.63, 3.8) is 0 Å². The van der Waals surface area contributed by atoms with Crippen molar-refractivity contribution in [2.24, 2.45) is 0 Å². The fourth-order valence-electron chi connectivity index (χ4n) is 1.73. The van der Waals surface area contributed by atoms with Gasteiger partial charge in [0.15, 0.2) is 4.90 Å². The normalized spacial score (nSPS) is 14.6. The van der Waals surface area contributed by atoms with Gasteiger partial charge in [-0.2, -0.15) is 8.42 Å². The van der Waals surface area contributed by atoms with Crippen LogP contribution in [0.5, 0.6) is 11.8 Å². The van der Waals surface area contributed by atoms with E-state index in [4.69, 9.17) is 4.55 Å². The van der Waals surface area contributed by atoms with Crippen LogP contribution in [0, 0.1) is 0 Å². The van der Waals surface area contributed by atoms with Gasteiger partial charge in [0, 0.05) is 24.8 Å². The van der Waals surface area contributed by atoms with Crippen LogP contribution in [-0.4, -0.2) is 57.1 Å². The zero-order chi connectivity index (χ0) is 17.4. The quantitative estimate of drug-likeness (QED) is 0.421. The molecule has 11 nitrogen and oxygen atoms in total. The summed E-state index contributed by atoms with van der Waals surface area (Å²) in [5, 5.41) is 18.9. The molecule has 1 aliphatic heterocycles. The maximum atomic E-state index is 11.6. The minimum Gasteiger partial charge on any atom is -0.492 e. The Kier molecular flexibility index (Phi) is 4.12. The molecule has 0 radical (unpaired) electrons. The average molecular weight is 346 g/mol. The van der Waals surface area contributed by atoms with E-state index in [1.807, 2.05) is 0 Å². The summed E-state index contributed by atoms with van der Waals surface area (Å²) >= 11 is 0. The Morgan fingerprint density at radius 2 is 1.74 bits per heavy atom. The lowest BCUT2D eigenvalue weighted by Crippen LogP contribution is -2.33. The van der Waals surface area contributed by atoms with Crippen LogP contribution in [0.3, 0.4) is 0 Å². The van der Waals surface area contributed by atoms with Gasteiger partial charge < -0.3 is 15.1 Å². The van der Waals surface area contributed by atoms with E-state index in [-0.39, 0.29) is 11.3 Å². The van der Waals surface area contributed by atoms with Crippen LogP contribution in [0.25, 0.3) is 0 Å². The molecule has 0 fully saturated rings. The molecular weight excluding hydrogens is 336 g/mol. The molecule has 0 bridgehead atoms. The standard InChI is InChI=1S/C11H10N2O9S/c14-7-1-2-8(15)12(7)4-3-10(17)22-13-9(16)5-6(11(13)18)23(19,20)21/h1-2,5,16,18H,3-4H2,(H,19,20,21). The van der Waals surface area contributed by atoms with Crippen LogP contribution >= 0.6 is 0 Å². The van der Waals surface area contributed by atoms with Gasteiger partial charge >= 0.3 is 5.97 Å². The minimum absolute atomic E-state index is 0.0807. The van der Waals surface area contributed by atoms with Crippen molar-refractivity contribution < 1.29 is 42.4 Å². The second-order valence-corrected chi connectivity index (χ2v) is 5.72. The fourth-order valence-corrected chi connectivity index (χ4v) is 2.30. The van der Waals surface area contributed by atoms with Crippen molar-refractivity contribution in [3.8, 4) is 11.8 Å². The number of rotatable bonds is 5. The van der Waals surface area contributed by atoms with Gasteiger partial charge in [-0.1, -0.05) is 0 Å². The van der Waals surface area contributed by atoms with Crippen LogP contribution in [0.2, 0.25) is 0 Å². The van der Waals surface area contributed by atoms with Crippen LogP contribution in [0.4, 0.5) is 0 Å². The van der Waals surface area contributed by atoms with Crippen LogP contribution in [-0.2, 0) is 24.5 Å². The van der Waals surface area contributed by atoms with Gasteiger partial charge in [-0.15, -0.1) is 4.73 Å². The van der Waals surface area contributed by atoms with Gasteiger partial charge in [-0.05, 0) is 0 Å². The van der Waals surface area contributed by atoms with Crippen molar-refractivity contribution in [3.05, 3.63) is 18.2 Å². The molecule has 0 saturated heterocycles. The maximum absolute atomic E-state index is 11.6. The summed E-state index contributed by atoms with van der Waals surface area (Å²) in [6.07, 6.45) is 1.57. The van der Waals surface area contributed by atoms with E-state index in [0.29, 0.717) is 6.07 Å². The third kappa shape index (κ3) is 3.32. The van der Waals surface area contributed by atoms with Gasteiger partial charge in [0.25, 0.3) is 27.8 Å². The Bertz CT molecular complexity index is 803. The first-order valence-corrected chi connectivity index (χ1v) is 7.41. The number of aromatic nitrogens is 1. The third-order valence-electron chi connectivity index (χ3n) is 2.79. The highest BCUT2D eigenvalue weighted by Crippen LogP contribution is 2.29. The van der Waals surface area contributed by atoms with Crippen molar-refractivity contribution in [2.75, 3.05) is 6.54 Å². The van der Waals surface area contributed by atoms with Crippen molar-refractivity contribution in [1.29, 1.82) is 0 Å². The number of imide groups is 1. The van der Waals surface area contributed by atoms with E-state index < -0.39 is 51.0 Å². The van der Waals surface area contributed by atoms with Gasteiger partial charge in [0.1, 0.15) is 0 Å². The van der Waals surface area contributed by atoms with Crippen LogP contribution < -0.4 is 4.84 Å². The summed E-state index contributed by atoms with van der Waals surface area (Å²) in [6, 6.07) is 0.468. The van der Waals surface area contributed by atoms with E-state index in [1.165, 1.54) is 0 Å². The fraction of sp³-hybridized carbons (Fsp3) is 0.182.